The lowest BCUT2D eigenvalue weighted by atomic mass is 9.92. The number of fused-ring (bicyclic) bond motifs is 1. The zero-order chi connectivity index (χ0) is 27.8. The van der Waals surface area contributed by atoms with Crippen LogP contribution in [0.25, 0.3) is 11.1 Å². The molecule has 3 aromatic rings. The number of aromatic nitrogens is 1. The highest BCUT2D eigenvalue weighted by Gasteiger charge is 2.35. The van der Waals surface area contributed by atoms with Crippen LogP contribution in [0.3, 0.4) is 0 Å². The highest BCUT2D eigenvalue weighted by molar-refractivity contribution is 6.11. The molecule has 9 nitrogen and oxygen atoms in total. The van der Waals surface area contributed by atoms with Gasteiger partial charge in [-0.15, -0.1) is 0 Å². The Morgan fingerprint density at radius 3 is 2.61 bits per heavy atom. The van der Waals surface area contributed by atoms with Crippen molar-refractivity contribution in [3.63, 3.8) is 0 Å². The third kappa shape index (κ3) is 4.71. The number of hydrogen-bond donors (Lipinski definition) is 1. The standard InChI is InChI=1S/C28H27FN6O3/c1-28(2,29)22-8-6-7-19-21(22)15-35(26(19)36)24-13-17(12-23(33-24)27(37)34(4)38-5)20-11-16(14-30)9-10-18(20)25(31)32-3/h6-13H,15H2,1-5H3,(H2,31,32). The van der Waals surface area contributed by atoms with Gasteiger partial charge in [0.15, 0.2) is 0 Å². The van der Waals surface area contributed by atoms with E-state index in [4.69, 9.17) is 10.6 Å². The highest BCUT2D eigenvalue weighted by atomic mass is 19.1. The molecule has 0 spiro atoms. The summed E-state index contributed by atoms with van der Waals surface area (Å²) in [5, 5.41) is 10.5. The SMILES string of the molecule is CN=C(N)c1ccc(C#N)cc1-c1cc(C(=O)N(C)OC)nc(N2Cc3c(cccc3C(C)(C)F)C2=O)c1. The molecule has 0 atom stereocenters. The van der Waals surface area contributed by atoms with Crippen molar-refractivity contribution in [3.8, 4) is 17.2 Å². The first-order chi connectivity index (χ1) is 18.0. The second kappa shape index (κ2) is 10.0. The Kier molecular flexibility index (Phi) is 6.98. The van der Waals surface area contributed by atoms with Crippen molar-refractivity contribution in [1.29, 1.82) is 5.26 Å². The summed E-state index contributed by atoms with van der Waals surface area (Å²) in [4.78, 5) is 41.6. The summed E-state index contributed by atoms with van der Waals surface area (Å²) in [5.41, 5.74) is 7.74. The first kappa shape index (κ1) is 26.4. The molecule has 1 aromatic heterocycles. The van der Waals surface area contributed by atoms with Crippen LogP contribution in [-0.4, -0.2) is 48.9 Å². The summed E-state index contributed by atoms with van der Waals surface area (Å²) in [5.74, 6) is -0.515. The number of carbonyl (C=O) groups excluding carboxylic acids is 2. The number of nitrogens with two attached hydrogens (primary N) is 1. The van der Waals surface area contributed by atoms with E-state index in [-0.39, 0.29) is 29.8 Å². The fourth-order valence-corrected chi connectivity index (χ4v) is 4.43. The molecule has 2 heterocycles. The molecular formula is C28H27FN6O3. The Hall–Kier alpha value is -4.62. The van der Waals surface area contributed by atoms with Gasteiger partial charge in [-0.3, -0.25) is 24.3 Å². The number of benzene rings is 2. The van der Waals surface area contributed by atoms with E-state index in [9.17, 15) is 19.2 Å². The number of hydroxylamine groups is 2. The number of alkyl halides is 1. The third-order valence-electron chi connectivity index (χ3n) is 6.45. The molecule has 2 aromatic carbocycles. The summed E-state index contributed by atoms with van der Waals surface area (Å²) in [6, 6.07) is 15.1. The van der Waals surface area contributed by atoms with Gasteiger partial charge in [0.05, 0.1) is 25.3 Å². The highest BCUT2D eigenvalue weighted by Crippen LogP contribution is 2.37. The number of amidine groups is 1. The number of aliphatic imine (C=N–C) groups is 1. The number of hydrogen-bond acceptors (Lipinski definition) is 6. The number of anilines is 1. The predicted molar refractivity (Wildman–Crippen MR) is 141 cm³/mol. The first-order valence-corrected chi connectivity index (χ1v) is 11.7. The van der Waals surface area contributed by atoms with Crippen molar-refractivity contribution in [3.05, 3.63) is 82.0 Å². The van der Waals surface area contributed by atoms with Gasteiger partial charge in [-0.25, -0.2) is 14.4 Å². The molecule has 194 valence electrons. The molecule has 1 aliphatic heterocycles. The minimum Gasteiger partial charge on any atom is -0.383 e. The lowest BCUT2D eigenvalue weighted by Gasteiger charge is -2.21. The second-order valence-corrected chi connectivity index (χ2v) is 9.26. The molecule has 0 saturated carbocycles. The molecule has 1 aliphatic rings. The van der Waals surface area contributed by atoms with E-state index in [0.717, 1.165) is 5.06 Å². The molecule has 0 radical (unpaired) electrons. The second-order valence-electron chi connectivity index (χ2n) is 9.26. The van der Waals surface area contributed by atoms with Crippen LogP contribution >= 0.6 is 0 Å². The van der Waals surface area contributed by atoms with E-state index in [2.05, 4.69) is 16.0 Å². The first-order valence-electron chi connectivity index (χ1n) is 11.7. The van der Waals surface area contributed by atoms with Crippen LogP contribution in [-0.2, 0) is 17.1 Å². The van der Waals surface area contributed by atoms with Crippen molar-refractivity contribution >= 4 is 23.5 Å². The van der Waals surface area contributed by atoms with E-state index < -0.39 is 11.6 Å². The minimum atomic E-state index is -1.66. The summed E-state index contributed by atoms with van der Waals surface area (Å²) in [7, 11) is 4.32. The molecule has 2 N–H and O–H groups in total. The van der Waals surface area contributed by atoms with Gasteiger partial charge in [-0.1, -0.05) is 12.1 Å². The Labute approximate surface area is 219 Å². The van der Waals surface area contributed by atoms with E-state index in [1.165, 1.54) is 39.0 Å². The van der Waals surface area contributed by atoms with Gasteiger partial charge in [-0.05, 0) is 72.5 Å². The molecule has 2 amide bonds. The molecular weight excluding hydrogens is 487 g/mol. The van der Waals surface area contributed by atoms with Crippen LogP contribution < -0.4 is 10.6 Å². The number of nitrogens with zero attached hydrogens (tertiary/aromatic N) is 5. The molecule has 0 bridgehead atoms. The number of halogens is 1. The van der Waals surface area contributed by atoms with Crippen LogP contribution in [0.5, 0.6) is 0 Å². The van der Waals surface area contributed by atoms with Crippen molar-refractivity contribution in [1.82, 2.24) is 10.0 Å². The van der Waals surface area contributed by atoms with Crippen molar-refractivity contribution in [2.45, 2.75) is 26.1 Å². The molecule has 38 heavy (non-hydrogen) atoms. The van der Waals surface area contributed by atoms with Crippen LogP contribution in [0.1, 0.15) is 56.9 Å². The lowest BCUT2D eigenvalue weighted by molar-refractivity contribution is -0.0760. The molecule has 4 rings (SSSR count). The maximum atomic E-state index is 15.0. The largest absolute Gasteiger partial charge is 0.383 e. The van der Waals surface area contributed by atoms with Crippen LogP contribution in [0, 0.1) is 11.3 Å². The summed E-state index contributed by atoms with van der Waals surface area (Å²) < 4.78 is 15.0. The Bertz CT molecular complexity index is 1520. The van der Waals surface area contributed by atoms with Gasteiger partial charge in [0, 0.05) is 25.2 Å². The van der Waals surface area contributed by atoms with Crippen LogP contribution in [0.4, 0.5) is 10.2 Å². The smallest absolute Gasteiger partial charge is 0.295 e. The van der Waals surface area contributed by atoms with E-state index in [1.54, 1.807) is 49.5 Å². The maximum absolute atomic E-state index is 15.0. The molecule has 0 fully saturated rings. The topological polar surface area (TPSA) is 125 Å². The zero-order valence-corrected chi connectivity index (χ0v) is 21.7. The predicted octanol–water partition coefficient (Wildman–Crippen LogP) is 3.95. The lowest BCUT2D eigenvalue weighted by Crippen LogP contribution is -2.29. The van der Waals surface area contributed by atoms with Gasteiger partial charge in [0.2, 0.25) is 0 Å². The number of carbonyl (C=O) groups is 2. The monoisotopic (exact) mass is 514 g/mol. The number of rotatable bonds is 6. The maximum Gasteiger partial charge on any atom is 0.295 e. The van der Waals surface area contributed by atoms with Crippen molar-refractivity contribution in [2.24, 2.45) is 10.7 Å². The van der Waals surface area contributed by atoms with Crippen LogP contribution in [0.15, 0.2) is 53.5 Å². The van der Waals surface area contributed by atoms with E-state index >= 15 is 0 Å². The van der Waals surface area contributed by atoms with Crippen molar-refractivity contribution < 1.29 is 18.8 Å². The van der Waals surface area contributed by atoms with Gasteiger partial charge >= 0.3 is 0 Å². The average Bonchev–Trinajstić information content (AvgIpc) is 3.26. The fourth-order valence-electron chi connectivity index (χ4n) is 4.43. The number of nitriles is 1. The number of amides is 2. The van der Waals surface area contributed by atoms with Gasteiger partial charge in [0.1, 0.15) is 23.0 Å². The van der Waals surface area contributed by atoms with Gasteiger partial charge in [0.25, 0.3) is 11.8 Å². The number of pyridine rings is 1. The van der Waals surface area contributed by atoms with Gasteiger partial charge in [-0.2, -0.15) is 5.26 Å². The summed E-state index contributed by atoms with van der Waals surface area (Å²) in [6.45, 7) is 2.95. The van der Waals surface area contributed by atoms with Gasteiger partial charge < -0.3 is 5.73 Å². The quantitative estimate of drug-likeness (QED) is 0.302. The zero-order valence-electron chi connectivity index (χ0n) is 21.7. The molecule has 0 unspecified atom stereocenters. The molecule has 0 saturated heterocycles. The van der Waals surface area contributed by atoms with E-state index in [0.29, 0.717) is 38.9 Å². The Morgan fingerprint density at radius 2 is 1.97 bits per heavy atom. The fraction of sp³-hybridized carbons (Fsp3) is 0.250. The summed E-state index contributed by atoms with van der Waals surface area (Å²) in [6.07, 6.45) is 0. The average molecular weight is 515 g/mol. The van der Waals surface area contributed by atoms with Crippen LogP contribution in [0.2, 0.25) is 0 Å². The third-order valence-corrected chi connectivity index (χ3v) is 6.45. The Morgan fingerprint density at radius 1 is 1.24 bits per heavy atom. The summed E-state index contributed by atoms with van der Waals surface area (Å²) >= 11 is 0. The normalized spacial score (nSPS) is 13.3. The molecule has 10 heteroatoms. The molecule has 0 aliphatic carbocycles. The Balaban J connectivity index is 1.94. The van der Waals surface area contributed by atoms with Crippen molar-refractivity contribution in [2.75, 3.05) is 26.1 Å². The van der Waals surface area contributed by atoms with E-state index in [1.807, 2.05) is 0 Å². The minimum absolute atomic E-state index is 0.00281.